The quantitative estimate of drug-likeness (QED) is 0.401. The Morgan fingerprint density at radius 2 is 2.05 bits per heavy atom. The van der Waals surface area contributed by atoms with E-state index >= 15 is 0 Å². The van der Waals surface area contributed by atoms with Crippen molar-refractivity contribution in [3.63, 3.8) is 0 Å². The first kappa shape index (κ1) is 15.5. The van der Waals surface area contributed by atoms with Crippen molar-refractivity contribution in [3.8, 4) is 0 Å². The van der Waals surface area contributed by atoms with Crippen molar-refractivity contribution in [2.24, 2.45) is 5.16 Å². The first-order chi connectivity index (χ1) is 10.5. The highest BCUT2D eigenvalue weighted by Gasteiger charge is 2.05. The molecule has 8 heteroatoms. The van der Waals surface area contributed by atoms with Gasteiger partial charge in [-0.1, -0.05) is 35.0 Å². The fraction of sp³-hybridized carbons (Fsp3) is 0. The van der Waals surface area contributed by atoms with E-state index in [1.807, 2.05) is 0 Å². The molecule has 112 valence electrons. The molecular weight excluding hydrogens is 310 g/mol. The number of nitrogens with zero attached hydrogens (tertiary/aromatic N) is 2. The van der Waals surface area contributed by atoms with E-state index in [0.29, 0.717) is 16.3 Å². The molecule has 0 aliphatic rings. The number of amides is 1. The maximum atomic E-state index is 11.5. The number of hydrogen-bond donors (Lipinski definition) is 1. The van der Waals surface area contributed by atoms with E-state index in [1.165, 1.54) is 24.4 Å². The number of halogens is 1. The molecule has 2 aromatic rings. The zero-order valence-electron chi connectivity index (χ0n) is 11.1. The highest BCUT2D eigenvalue weighted by Crippen LogP contribution is 2.15. The summed E-state index contributed by atoms with van der Waals surface area (Å²) < 4.78 is 0. The molecule has 1 N–H and O–H groups in total. The van der Waals surface area contributed by atoms with Crippen LogP contribution in [-0.4, -0.2) is 17.2 Å². The van der Waals surface area contributed by atoms with Crippen molar-refractivity contribution >= 4 is 35.3 Å². The Bertz CT molecular complexity index is 734. The van der Waals surface area contributed by atoms with Gasteiger partial charge >= 0.3 is 6.09 Å². The average molecular weight is 320 g/mol. The van der Waals surface area contributed by atoms with Crippen molar-refractivity contribution in [1.82, 2.24) is 0 Å². The van der Waals surface area contributed by atoms with Gasteiger partial charge in [0, 0.05) is 28.4 Å². The number of hydrogen-bond acceptors (Lipinski definition) is 5. The highest BCUT2D eigenvalue weighted by atomic mass is 35.5. The molecule has 0 saturated heterocycles. The Morgan fingerprint density at radius 1 is 1.27 bits per heavy atom. The van der Waals surface area contributed by atoms with Crippen LogP contribution < -0.4 is 5.32 Å². The summed E-state index contributed by atoms with van der Waals surface area (Å²) in [7, 11) is 0. The summed E-state index contributed by atoms with van der Waals surface area (Å²) in [5, 5.41) is 17.0. The third-order valence-corrected chi connectivity index (χ3v) is 2.72. The molecule has 0 spiro atoms. The second-order valence-electron chi connectivity index (χ2n) is 4.10. The number of nitro groups is 1. The van der Waals surface area contributed by atoms with Gasteiger partial charge < -0.3 is 0 Å². The van der Waals surface area contributed by atoms with Crippen LogP contribution >= 0.6 is 11.6 Å². The summed E-state index contributed by atoms with van der Waals surface area (Å²) >= 11 is 5.78. The molecule has 0 aliphatic heterocycles. The number of non-ortho nitro benzene ring substituents is 1. The molecule has 2 rings (SSSR count). The fourth-order valence-corrected chi connectivity index (χ4v) is 1.75. The second kappa shape index (κ2) is 7.19. The first-order valence-corrected chi connectivity index (χ1v) is 6.44. The number of nitrogens with one attached hydrogen (secondary N) is 1. The summed E-state index contributed by atoms with van der Waals surface area (Å²) in [6.07, 6.45) is 0.397. The smallest absolute Gasteiger partial charge is 0.298 e. The largest absolute Gasteiger partial charge is 0.437 e. The molecular formula is C14H10ClN3O4. The zero-order chi connectivity index (χ0) is 15.9. The van der Waals surface area contributed by atoms with Crippen LogP contribution in [0.5, 0.6) is 0 Å². The van der Waals surface area contributed by atoms with E-state index in [0.717, 1.165) is 0 Å². The molecule has 0 aliphatic carbocycles. The monoisotopic (exact) mass is 319 g/mol. The SMILES string of the molecule is O=C(Nc1cccc(Cl)c1)O/N=C\c1cccc([N+](=O)[O-])c1. The predicted octanol–water partition coefficient (Wildman–Crippen LogP) is 3.83. The zero-order valence-corrected chi connectivity index (χ0v) is 11.9. The molecule has 22 heavy (non-hydrogen) atoms. The van der Waals surface area contributed by atoms with Gasteiger partial charge in [-0.25, -0.2) is 4.79 Å². The number of carbonyl (C=O) groups is 1. The van der Waals surface area contributed by atoms with Gasteiger partial charge in [0.25, 0.3) is 5.69 Å². The van der Waals surface area contributed by atoms with Crippen LogP contribution in [0.25, 0.3) is 0 Å². The lowest BCUT2D eigenvalue weighted by molar-refractivity contribution is -0.384. The molecule has 0 bridgehead atoms. The van der Waals surface area contributed by atoms with Gasteiger partial charge in [-0.2, -0.15) is 0 Å². The van der Waals surface area contributed by atoms with Gasteiger partial charge in [-0.15, -0.1) is 0 Å². The van der Waals surface area contributed by atoms with E-state index in [9.17, 15) is 14.9 Å². The number of nitro benzene ring substituents is 1. The first-order valence-electron chi connectivity index (χ1n) is 6.06. The van der Waals surface area contributed by atoms with Crippen molar-refractivity contribution in [1.29, 1.82) is 0 Å². The molecule has 0 aromatic heterocycles. The average Bonchev–Trinajstić information content (AvgIpc) is 2.47. The van der Waals surface area contributed by atoms with Crippen LogP contribution in [0.2, 0.25) is 5.02 Å². The van der Waals surface area contributed by atoms with Crippen LogP contribution in [0.3, 0.4) is 0 Å². The van der Waals surface area contributed by atoms with Crippen molar-refractivity contribution < 1.29 is 14.6 Å². The lowest BCUT2D eigenvalue weighted by Gasteiger charge is -2.02. The molecule has 0 saturated carbocycles. The lowest BCUT2D eigenvalue weighted by atomic mass is 10.2. The maximum Gasteiger partial charge on any atom is 0.437 e. The van der Waals surface area contributed by atoms with E-state index in [-0.39, 0.29) is 5.69 Å². The Kier molecular flexibility index (Phi) is 5.05. The van der Waals surface area contributed by atoms with E-state index in [1.54, 1.807) is 30.3 Å². The second-order valence-corrected chi connectivity index (χ2v) is 4.54. The van der Waals surface area contributed by atoms with Crippen LogP contribution in [0.15, 0.2) is 53.7 Å². The van der Waals surface area contributed by atoms with E-state index < -0.39 is 11.0 Å². The summed E-state index contributed by atoms with van der Waals surface area (Å²) in [5.74, 6) is 0. The standard InChI is InChI=1S/C14H10ClN3O4/c15-11-4-2-5-12(8-11)17-14(19)22-16-9-10-3-1-6-13(7-10)18(20)21/h1-9H,(H,17,19)/b16-9-. The van der Waals surface area contributed by atoms with Gasteiger partial charge in [0.1, 0.15) is 0 Å². The summed E-state index contributed by atoms with van der Waals surface area (Å²) in [6.45, 7) is 0. The molecule has 0 heterocycles. The number of benzene rings is 2. The summed E-state index contributed by atoms with van der Waals surface area (Å²) in [6, 6.07) is 12.3. The van der Waals surface area contributed by atoms with Gasteiger partial charge in [0.2, 0.25) is 0 Å². The highest BCUT2D eigenvalue weighted by molar-refractivity contribution is 6.30. The topological polar surface area (TPSA) is 93.8 Å². The normalized spacial score (nSPS) is 10.4. The van der Waals surface area contributed by atoms with Gasteiger partial charge in [0.15, 0.2) is 0 Å². The maximum absolute atomic E-state index is 11.5. The summed E-state index contributed by atoms with van der Waals surface area (Å²) in [5.41, 5.74) is 0.820. The van der Waals surface area contributed by atoms with Crippen molar-refractivity contribution in [2.45, 2.75) is 0 Å². The van der Waals surface area contributed by atoms with E-state index in [2.05, 4.69) is 15.3 Å². The van der Waals surface area contributed by atoms with Crippen LogP contribution in [0.1, 0.15) is 5.56 Å². The van der Waals surface area contributed by atoms with Crippen LogP contribution in [-0.2, 0) is 4.84 Å². The predicted molar refractivity (Wildman–Crippen MR) is 82.2 cm³/mol. The van der Waals surface area contributed by atoms with Crippen LogP contribution in [0, 0.1) is 10.1 Å². The molecule has 7 nitrogen and oxygen atoms in total. The van der Waals surface area contributed by atoms with Crippen molar-refractivity contribution in [3.05, 3.63) is 69.2 Å². The number of anilines is 1. The third kappa shape index (κ3) is 4.57. The molecule has 0 atom stereocenters. The minimum Gasteiger partial charge on any atom is -0.298 e. The Morgan fingerprint density at radius 3 is 2.77 bits per heavy atom. The minimum absolute atomic E-state index is 0.0765. The molecule has 0 radical (unpaired) electrons. The van der Waals surface area contributed by atoms with Crippen molar-refractivity contribution in [2.75, 3.05) is 5.32 Å². The summed E-state index contributed by atoms with van der Waals surface area (Å²) in [4.78, 5) is 26.2. The van der Waals surface area contributed by atoms with Gasteiger partial charge in [-0.05, 0) is 18.2 Å². The third-order valence-electron chi connectivity index (χ3n) is 2.49. The number of oxime groups is 1. The van der Waals surface area contributed by atoms with Crippen LogP contribution in [0.4, 0.5) is 16.2 Å². The lowest BCUT2D eigenvalue weighted by Crippen LogP contribution is -2.10. The molecule has 2 aromatic carbocycles. The molecule has 0 unspecified atom stereocenters. The molecule has 1 amide bonds. The molecule has 0 fully saturated rings. The fourth-order valence-electron chi connectivity index (χ4n) is 1.56. The van der Waals surface area contributed by atoms with Gasteiger partial charge in [-0.3, -0.25) is 20.3 Å². The Labute approximate surface area is 130 Å². The number of rotatable bonds is 4. The Hall–Kier alpha value is -2.93. The number of carbonyl (C=O) groups excluding carboxylic acids is 1. The Balaban J connectivity index is 1.93. The van der Waals surface area contributed by atoms with Gasteiger partial charge in [0.05, 0.1) is 11.1 Å². The van der Waals surface area contributed by atoms with E-state index in [4.69, 9.17) is 11.6 Å². The minimum atomic E-state index is -0.802.